The summed E-state index contributed by atoms with van der Waals surface area (Å²) < 4.78 is 57.5. The van der Waals surface area contributed by atoms with Crippen molar-refractivity contribution in [3.05, 3.63) is 196 Å². The van der Waals surface area contributed by atoms with Crippen molar-refractivity contribution in [3.8, 4) is 11.1 Å². The summed E-state index contributed by atoms with van der Waals surface area (Å²) in [5, 5.41) is 2.32. The fraction of sp³-hybridized carbons (Fsp3) is 0.200. The fourth-order valence-corrected chi connectivity index (χ4v) is 13.6. The minimum Gasteiger partial charge on any atom is -0.311 e. The summed E-state index contributed by atoms with van der Waals surface area (Å²) in [4.78, 5) is 4.62. The first-order valence-electron chi connectivity index (χ1n) is 25.5. The van der Waals surface area contributed by atoms with E-state index in [9.17, 15) is 4.11 Å². The number of hydrogen-bond acceptors (Lipinski definition) is 3. The van der Waals surface area contributed by atoms with Gasteiger partial charge in [-0.05, 0) is 128 Å². The Morgan fingerprint density at radius 2 is 1.17 bits per heavy atom. The van der Waals surface area contributed by atoms with E-state index in [1.54, 1.807) is 11.3 Å². The molecule has 8 aromatic carbocycles. The molecule has 9 aromatic rings. The molecule has 0 bridgehead atoms. The van der Waals surface area contributed by atoms with Gasteiger partial charge in [0.2, 0.25) is 0 Å². The normalized spacial score (nSPS) is 16.8. The molecule has 64 heavy (non-hydrogen) atoms. The highest BCUT2D eigenvalue weighted by molar-refractivity contribution is 7.27. The fourth-order valence-electron chi connectivity index (χ4n) is 12.1. The minimum atomic E-state index is -2.46. The zero-order valence-corrected chi connectivity index (χ0v) is 38.1. The van der Waals surface area contributed by atoms with E-state index in [2.05, 4.69) is 180 Å². The zero-order valence-electron chi connectivity index (χ0n) is 43.2. The lowest BCUT2D eigenvalue weighted by atomic mass is 9.32. The third-order valence-corrected chi connectivity index (χ3v) is 16.0. The van der Waals surface area contributed by atoms with E-state index in [-0.39, 0.29) is 22.0 Å². The summed E-state index contributed by atoms with van der Waals surface area (Å²) in [7, 11) is 0. The molecule has 1 aromatic heterocycles. The van der Waals surface area contributed by atoms with E-state index in [0.29, 0.717) is 0 Å². The molecule has 0 saturated carbocycles. The van der Waals surface area contributed by atoms with Gasteiger partial charge in [0.25, 0.3) is 6.71 Å². The van der Waals surface area contributed by atoms with E-state index in [1.807, 2.05) is 24.3 Å². The topological polar surface area (TPSA) is 6.48 Å². The number of benzene rings is 8. The van der Waals surface area contributed by atoms with Crippen molar-refractivity contribution in [2.24, 2.45) is 0 Å². The Morgan fingerprint density at radius 1 is 0.516 bits per heavy atom. The molecular formula is C60H51BN2S. The summed E-state index contributed by atoms with van der Waals surface area (Å²) in [5.41, 5.74) is 17.5. The Hall–Kier alpha value is -6.36. The molecule has 0 amide bonds. The number of nitrogens with zero attached hydrogens (tertiary/aromatic N) is 2. The molecule has 1 aliphatic carbocycles. The van der Waals surface area contributed by atoms with Crippen LogP contribution in [-0.4, -0.2) is 6.71 Å². The van der Waals surface area contributed by atoms with E-state index in [4.69, 9.17) is 4.11 Å². The Morgan fingerprint density at radius 3 is 1.86 bits per heavy atom. The van der Waals surface area contributed by atoms with E-state index in [0.717, 1.165) is 99.5 Å². The third-order valence-electron chi connectivity index (χ3n) is 14.7. The molecule has 3 aliphatic heterocycles. The van der Waals surface area contributed by atoms with Crippen LogP contribution in [0.2, 0.25) is 0 Å². The summed E-state index contributed by atoms with van der Waals surface area (Å²) in [5.74, 6) is 0. The van der Waals surface area contributed by atoms with Gasteiger partial charge in [0, 0.05) is 46.4 Å². The lowest BCUT2D eigenvalue weighted by Crippen LogP contribution is -2.62. The van der Waals surface area contributed by atoms with E-state index < -0.39 is 25.8 Å². The zero-order chi connectivity index (χ0) is 48.8. The van der Waals surface area contributed by atoms with Crippen LogP contribution in [0.15, 0.2) is 146 Å². The van der Waals surface area contributed by atoms with Gasteiger partial charge in [-0.1, -0.05) is 168 Å². The molecule has 4 heteroatoms. The van der Waals surface area contributed by atoms with Gasteiger partial charge < -0.3 is 9.80 Å². The van der Waals surface area contributed by atoms with Crippen molar-refractivity contribution in [1.82, 2.24) is 0 Å². The lowest BCUT2D eigenvalue weighted by Gasteiger charge is -2.51. The second kappa shape index (κ2) is 12.7. The predicted octanol–water partition coefficient (Wildman–Crippen LogP) is 14.3. The molecule has 0 N–H and O–H groups in total. The highest BCUT2D eigenvalue weighted by Gasteiger charge is 2.55. The lowest BCUT2D eigenvalue weighted by molar-refractivity contribution is 0.590. The Labute approximate surface area is 390 Å². The van der Waals surface area contributed by atoms with Crippen molar-refractivity contribution in [3.63, 3.8) is 0 Å². The quantitative estimate of drug-likeness (QED) is 0.152. The first-order chi connectivity index (χ1) is 33.2. The van der Waals surface area contributed by atoms with Crippen molar-refractivity contribution in [2.45, 2.75) is 78.4 Å². The largest absolute Gasteiger partial charge is 0.311 e. The van der Waals surface area contributed by atoms with Crippen molar-refractivity contribution < 1.29 is 8.22 Å². The average Bonchev–Trinajstić information content (AvgIpc) is 3.84. The number of anilines is 6. The molecule has 2 nitrogen and oxygen atoms in total. The maximum Gasteiger partial charge on any atom is 0.252 e. The molecular weight excluding hydrogens is 792 g/mol. The highest BCUT2D eigenvalue weighted by atomic mass is 32.1. The van der Waals surface area contributed by atoms with Gasteiger partial charge in [0.05, 0.1) is 21.5 Å². The molecule has 310 valence electrons. The van der Waals surface area contributed by atoms with Crippen LogP contribution in [0.1, 0.15) is 99.8 Å². The van der Waals surface area contributed by atoms with Crippen LogP contribution in [0.25, 0.3) is 31.3 Å². The van der Waals surface area contributed by atoms with Crippen LogP contribution in [0.5, 0.6) is 0 Å². The number of fused-ring (bicyclic) bond motifs is 17. The maximum absolute atomic E-state index is 9.22. The van der Waals surface area contributed by atoms with Gasteiger partial charge >= 0.3 is 0 Å². The second-order valence-electron chi connectivity index (χ2n) is 20.6. The van der Waals surface area contributed by atoms with Crippen LogP contribution in [0.4, 0.5) is 34.1 Å². The number of hydrogen-bond donors (Lipinski definition) is 0. The van der Waals surface area contributed by atoms with Gasteiger partial charge in [-0.3, -0.25) is 0 Å². The van der Waals surface area contributed by atoms with Crippen molar-refractivity contribution in [1.29, 1.82) is 0 Å². The van der Waals surface area contributed by atoms with Gasteiger partial charge in [-0.2, -0.15) is 0 Å². The third kappa shape index (κ3) is 4.82. The smallest absolute Gasteiger partial charge is 0.252 e. The average molecular weight is 849 g/mol. The maximum atomic E-state index is 9.22. The van der Waals surface area contributed by atoms with Crippen LogP contribution >= 0.6 is 11.3 Å². The number of thiophene rings is 1. The van der Waals surface area contributed by atoms with Crippen LogP contribution in [0, 0.1) is 20.6 Å². The van der Waals surface area contributed by atoms with Gasteiger partial charge in [0.1, 0.15) is 0 Å². The molecule has 4 aliphatic rings. The Balaban J connectivity index is 1.23. The highest BCUT2D eigenvalue weighted by Crippen LogP contribution is 2.64. The molecule has 0 unspecified atom stereocenters. The molecule has 0 saturated heterocycles. The Bertz CT molecular complexity index is 3710. The van der Waals surface area contributed by atoms with Crippen LogP contribution in [-0.2, 0) is 16.2 Å². The van der Waals surface area contributed by atoms with E-state index in [1.165, 1.54) is 21.2 Å². The Kier molecular flexibility index (Phi) is 6.40. The molecule has 4 heterocycles. The summed E-state index contributed by atoms with van der Waals surface area (Å²) in [6.07, 6.45) is 0. The first kappa shape index (κ1) is 32.3. The standard InChI is InChI=1S/C60H51BN2S/c1-34-21-28-50-46(29-34)60(43-18-12-10-15-39(43)40-16-11-13-19-44(40)60)47-30-35(2)31-49-54(47)63(50)52-33-36(3)32-51-53(52)61(49)48-27-26-42-41-17-14-20-45(59(7,8)9)56(41)64-57(42)55(48)62(51)38-24-22-37(23-25-38)58(4,5)6/h10-33H,1-9H3/i2D3,3D3. The van der Waals surface area contributed by atoms with Gasteiger partial charge in [-0.25, -0.2) is 0 Å². The molecule has 0 fully saturated rings. The second-order valence-corrected chi connectivity index (χ2v) is 21.6. The molecule has 0 atom stereocenters. The van der Waals surface area contributed by atoms with Gasteiger partial charge in [-0.15, -0.1) is 11.3 Å². The molecule has 1 spiro atoms. The first-order valence-corrected chi connectivity index (χ1v) is 23.4. The SMILES string of the molecule is [2H]C([2H])([2H])c1cc2c3c(c1)N(c1ccc(C(C)(C)C)cc1)c1c(ccc4c1sc1c(C(C)(C)C)cccc14)B3c1cc(C([2H])([2H])[2H])cc3c1N2c1ccc(C)cc1C31c2ccccc2-c2ccccc21. The van der Waals surface area contributed by atoms with Gasteiger partial charge in [0.15, 0.2) is 0 Å². The minimum absolute atomic E-state index is 0.0918. The van der Waals surface area contributed by atoms with E-state index >= 15 is 0 Å². The summed E-state index contributed by atoms with van der Waals surface area (Å²) >= 11 is 1.80. The monoisotopic (exact) mass is 848 g/mol. The molecule has 0 radical (unpaired) electrons. The number of aryl methyl sites for hydroxylation is 3. The van der Waals surface area contributed by atoms with Crippen LogP contribution < -0.4 is 26.2 Å². The van der Waals surface area contributed by atoms with Crippen LogP contribution in [0.3, 0.4) is 0 Å². The summed E-state index contributed by atoms with van der Waals surface area (Å²) in [6.45, 7) is 10.2. The summed E-state index contributed by atoms with van der Waals surface area (Å²) in [6, 6.07) is 51.5. The van der Waals surface area contributed by atoms with Crippen molar-refractivity contribution >= 4 is 88.7 Å². The number of rotatable bonds is 1. The van der Waals surface area contributed by atoms with Crippen molar-refractivity contribution in [2.75, 3.05) is 9.80 Å². The predicted molar refractivity (Wildman–Crippen MR) is 276 cm³/mol. The molecule has 13 rings (SSSR count).